The van der Waals surface area contributed by atoms with E-state index in [1.807, 2.05) is 0 Å². The van der Waals surface area contributed by atoms with Gasteiger partial charge >= 0.3 is 0 Å². The van der Waals surface area contributed by atoms with E-state index in [-0.39, 0.29) is 11.8 Å². The first-order valence-electron chi connectivity index (χ1n) is 4.99. The Morgan fingerprint density at radius 2 is 1.87 bits per heavy atom. The van der Waals surface area contributed by atoms with Crippen LogP contribution in [-0.2, 0) is 9.59 Å². The zero-order valence-electron chi connectivity index (χ0n) is 9.76. The Bertz CT molecular complexity index is 319. The molecule has 0 aromatic rings. The van der Waals surface area contributed by atoms with Crippen LogP contribution in [0.15, 0.2) is 12.7 Å². The van der Waals surface area contributed by atoms with E-state index < -0.39 is 11.1 Å². The zero-order valence-corrected chi connectivity index (χ0v) is 9.76. The molecule has 1 fully saturated rings. The van der Waals surface area contributed by atoms with Crippen LogP contribution >= 0.6 is 0 Å². The summed E-state index contributed by atoms with van der Waals surface area (Å²) in [6, 6.07) is 0. The molecule has 1 N–H and O–H groups in total. The highest BCUT2D eigenvalue weighted by atomic mass is 16.2. The van der Waals surface area contributed by atoms with Crippen molar-refractivity contribution in [1.29, 1.82) is 0 Å². The lowest BCUT2D eigenvalue weighted by atomic mass is 9.90. The van der Waals surface area contributed by atoms with Gasteiger partial charge in [-0.15, -0.1) is 6.58 Å². The van der Waals surface area contributed by atoms with Crippen LogP contribution in [0.4, 0.5) is 0 Å². The van der Waals surface area contributed by atoms with E-state index in [2.05, 4.69) is 11.9 Å². The Morgan fingerprint density at radius 3 is 2.33 bits per heavy atom. The minimum absolute atomic E-state index is 0.0769. The highest BCUT2D eigenvalue weighted by molar-refractivity contribution is 6.01. The number of carbonyl (C=O) groups excluding carboxylic acids is 2. The Labute approximate surface area is 90.3 Å². The van der Waals surface area contributed by atoms with Gasteiger partial charge < -0.3 is 10.2 Å². The molecule has 0 aliphatic carbocycles. The Morgan fingerprint density at radius 1 is 1.33 bits per heavy atom. The number of nitrogens with one attached hydrogen (secondary N) is 1. The quantitative estimate of drug-likeness (QED) is 0.682. The van der Waals surface area contributed by atoms with Crippen LogP contribution < -0.4 is 5.32 Å². The number of rotatable bonds is 2. The molecule has 4 nitrogen and oxygen atoms in total. The summed E-state index contributed by atoms with van der Waals surface area (Å²) in [5.74, 6) is -0.207. The summed E-state index contributed by atoms with van der Waals surface area (Å²) < 4.78 is 0. The molecule has 0 unspecified atom stereocenters. The monoisotopic (exact) mass is 210 g/mol. The Kier molecular flexibility index (Phi) is 2.63. The van der Waals surface area contributed by atoms with Crippen molar-refractivity contribution in [3.8, 4) is 0 Å². The fraction of sp³-hybridized carbons (Fsp3) is 0.636. The lowest BCUT2D eigenvalue weighted by Crippen LogP contribution is -2.72. The maximum absolute atomic E-state index is 12.1. The molecule has 1 saturated heterocycles. The van der Waals surface area contributed by atoms with Crippen molar-refractivity contribution in [2.24, 2.45) is 0 Å². The van der Waals surface area contributed by atoms with Gasteiger partial charge in [-0.25, -0.2) is 0 Å². The van der Waals surface area contributed by atoms with Crippen LogP contribution in [-0.4, -0.2) is 34.3 Å². The van der Waals surface area contributed by atoms with Gasteiger partial charge in [-0.2, -0.15) is 0 Å². The normalized spacial score (nSPS) is 23.6. The summed E-state index contributed by atoms with van der Waals surface area (Å²) in [4.78, 5) is 25.4. The SMILES string of the molecule is C=CCN1C(=O)C(C)(C)NC(=O)C1(C)C. The lowest BCUT2D eigenvalue weighted by molar-refractivity contribution is -0.158. The van der Waals surface area contributed by atoms with Crippen molar-refractivity contribution in [1.82, 2.24) is 10.2 Å². The van der Waals surface area contributed by atoms with E-state index in [1.165, 1.54) is 0 Å². The van der Waals surface area contributed by atoms with E-state index in [0.717, 1.165) is 0 Å². The molecule has 0 radical (unpaired) electrons. The van der Waals surface area contributed by atoms with Crippen LogP contribution in [0.5, 0.6) is 0 Å². The minimum atomic E-state index is -0.824. The first-order chi connectivity index (χ1) is 6.73. The summed E-state index contributed by atoms with van der Waals surface area (Å²) >= 11 is 0. The highest BCUT2D eigenvalue weighted by Crippen LogP contribution is 2.25. The number of carbonyl (C=O) groups is 2. The maximum atomic E-state index is 12.1. The predicted octanol–water partition coefficient (Wildman–Crippen LogP) is 0.688. The van der Waals surface area contributed by atoms with E-state index in [1.54, 1.807) is 38.7 Å². The third kappa shape index (κ3) is 1.76. The number of nitrogens with zero attached hydrogens (tertiary/aromatic N) is 1. The van der Waals surface area contributed by atoms with Crippen LogP contribution in [0.2, 0.25) is 0 Å². The van der Waals surface area contributed by atoms with Gasteiger partial charge in [-0.1, -0.05) is 6.08 Å². The summed E-state index contributed by atoms with van der Waals surface area (Å²) in [5.41, 5.74) is -1.63. The summed E-state index contributed by atoms with van der Waals surface area (Å²) in [6.45, 7) is 10.9. The molecule has 0 saturated carbocycles. The molecule has 2 amide bonds. The largest absolute Gasteiger partial charge is 0.340 e. The van der Waals surface area contributed by atoms with E-state index in [4.69, 9.17) is 0 Å². The van der Waals surface area contributed by atoms with Gasteiger partial charge in [-0.05, 0) is 27.7 Å². The van der Waals surface area contributed by atoms with Crippen molar-refractivity contribution < 1.29 is 9.59 Å². The number of amides is 2. The van der Waals surface area contributed by atoms with Crippen LogP contribution in [0, 0.1) is 0 Å². The highest BCUT2D eigenvalue weighted by Gasteiger charge is 2.49. The van der Waals surface area contributed by atoms with Crippen molar-refractivity contribution in [3.05, 3.63) is 12.7 Å². The number of hydrogen-bond donors (Lipinski definition) is 1. The van der Waals surface area contributed by atoms with Crippen molar-refractivity contribution in [2.75, 3.05) is 6.54 Å². The van der Waals surface area contributed by atoms with Gasteiger partial charge in [0, 0.05) is 6.54 Å². The predicted molar refractivity (Wildman–Crippen MR) is 58.2 cm³/mol. The smallest absolute Gasteiger partial charge is 0.248 e. The molecule has 1 aliphatic heterocycles. The first-order valence-corrected chi connectivity index (χ1v) is 4.99. The topological polar surface area (TPSA) is 49.4 Å². The molecule has 0 atom stereocenters. The average molecular weight is 210 g/mol. The maximum Gasteiger partial charge on any atom is 0.248 e. The third-order valence-corrected chi connectivity index (χ3v) is 2.75. The molecule has 0 bridgehead atoms. The summed E-state index contributed by atoms with van der Waals surface area (Å²) in [5, 5.41) is 2.72. The zero-order chi connectivity index (χ0) is 11.9. The van der Waals surface area contributed by atoms with Crippen LogP contribution in [0.25, 0.3) is 0 Å². The average Bonchev–Trinajstić information content (AvgIpc) is 2.10. The summed E-state index contributed by atoms with van der Waals surface area (Å²) in [6.07, 6.45) is 1.63. The second kappa shape index (κ2) is 3.36. The second-order valence-corrected chi connectivity index (χ2v) is 4.84. The fourth-order valence-corrected chi connectivity index (χ4v) is 1.64. The van der Waals surface area contributed by atoms with Gasteiger partial charge in [-0.3, -0.25) is 9.59 Å². The molecular formula is C11H18N2O2. The lowest BCUT2D eigenvalue weighted by Gasteiger charge is -2.47. The first kappa shape index (κ1) is 11.8. The summed E-state index contributed by atoms with van der Waals surface area (Å²) in [7, 11) is 0. The van der Waals surface area contributed by atoms with Crippen LogP contribution in [0.3, 0.4) is 0 Å². The standard InChI is InChI=1S/C11H18N2O2/c1-6-7-13-9(15)10(2,3)12-8(14)11(13,4)5/h6H,1,7H2,2-5H3,(H,12,14). The molecule has 1 heterocycles. The van der Waals surface area contributed by atoms with E-state index in [9.17, 15) is 9.59 Å². The Hall–Kier alpha value is -1.32. The second-order valence-electron chi connectivity index (χ2n) is 4.84. The van der Waals surface area contributed by atoms with Crippen LogP contribution in [0.1, 0.15) is 27.7 Å². The minimum Gasteiger partial charge on any atom is -0.340 e. The van der Waals surface area contributed by atoms with Crippen molar-refractivity contribution in [2.45, 2.75) is 38.8 Å². The Balaban J connectivity index is 3.11. The van der Waals surface area contributed by atoms with Gasteiger partial charge in [0.25, 0.3) is 0 Å². The van der Waals surface area contributed by atoms with Gasteiger partial charge in [0.15, 0.2) is 0 Å². The fourth-order valence-electron chi connectivity index (χ4n) is 1.64. The van der Waals surface area contributed by atoms with E-state index in [0.29, 0.717) is 6.54 Å². The molecule has 0 aromatic heterocycles. The third-order valence-electron chi connectivity index (χ3n) is 2.75. The number of piperazine rings is 1. The molecular weight excluding hydrogens is 192 g/mol. The molecule has 0 aromatic carbocycles. The van der Waals surface area contributed by atoms with Crippen molar-refractivity contribution in [3.63, 3.8) is 0 Å². The van der Waals surface area contributed by atoms with Gasteiger partial charge in [0.05, 0.1) is 0 Å². The van der Waals surface area contributed by atoms with Gasteiger partial charge in [0.1, 0.15) is 11.1 Å². The molecule has 15 heavy (non-hydrogen) atoms. The molecule has 4 heteroatoms. The molecule has 1 rings (SSSR count). The van der Waals surface area contributed by atoms with Crippen molar-refractivity contribution >= 4 is 11.8 Å². The number of hydrogen-bond acceptors (Lipinski definition) is 2. The van der Waals surface area contributed by atoms with E-state index >= 15 is 0 Å². The molecule has 0 spiro atoms. The molecule has 1 aliphatic rings. The van der Waals surface area contributed by atoms with Gasteiger partial charge in [0.2, 0.25) is 11.8 Å². The molecule has 84 valence electrons.